The summed E-state index contributed by atoms with van der Waals surface area (Å²) in [5.74, 6) is -4.02. The molecular formula is C33H41ClF2N4O5. The second-order valence-electron chi connectivity index (χ2n) is 13.0. The van der Waals surface area contributed by atoms with Crippen molar-refractivity contribution in [2.45, 2.75) is 65.3 Å². The molecule has 2 amide bonds. The van der Waals surface area contributed by atoms with Gasteiger partial charge in [-0.05, 0) is 81.7 Å². The topological polar surface area (TPSA) is 103 Å². The number of aryl methyl sites for hydroxylation is 2. The smallest absolute Gasteiger partial charge is 0.323 e. The highest BCUT2D eigenvalue weighted by atomic mass is 35.5. The summed E-state index contributed by atoms with van der Waals surface area (Å²) in [6.07, 6.45) is 0.505. The molecule has 2 aliphatic heterocycles. The number of aliphatic carboxylic acids is 1. The van der Waals surface area contributed by atoms with E-state index < -0.39 is 29.9 Å². The van der Waals surface area contributed by atoms with E-state index in [1.54, 1.807) is 24.8 Å². The molecule has 5 rings (SSSR count). The third-order valence-electron chi connectivity index (χ3n) is 9.78. The number of nitrogens with zero attached hydrogens (tertiary/aromatic N) is 4. The highest BCUT2D eigenvalue weighted by molar-refractivity contribution is 6.31. The number of anilines is 1. The predicted octanol–water partition coefficient (Wildman–Crippen LogP) is 4.76. The van der Waals surface area contributed by atoms with Crippen molar-refractivity contribution in [1.82, 2.24) is 14.4 Å². The summed E-state index contributed by atoms with van der Waals surface area (Å²) in [5, 5.41) is 9.78. The molecule has 0 spiro atoms. The molecule has 2 unspecified atom stereocenters. The van der Waals surface area contributed by atoms with Crippen LogP contribution in [0.5, 0.6) is 0 Å². The lowest BCUT2D eigenvalue weighted by atomic mass is 9.85. The number of halogens is 3. The summed E-state index contributed by atoms with van der Waals surface area (Å²) in [4.78, 5) is 56.7. The fraction of sp³-hybridized carbons (Fsp3) is 0.576. The summed E-state index contributed by atoms with van der Waals surface area (Å²) in [7, 11) is 0. The summed E-state index contributed by atoms with van der Waals surface area (Å²) in [6.45, 7) is 8.70. The van der Waals surface area contributed by atoms with Gasteiger partial charge in [0.2, 0.25) is 11.8 Å². The Morgan fingerprint density at radius 1 is 1.00 bits per heavy atom. The Balaban J connectivity index is 1.19. The Morgan fingerprint density at radius 2 is 1.64 bits per heavy atom. The van der Waals surface area contributed by atoms with E-state index in [-0.39, 0.29) is 49.3 Å². The van der Waals surface area contributed by atoms with Crippen molar-refractivity contribution in [1.29, 1.82) is 0 Å². The number of aromatic nitrogens is 1. The van der Waals surface area contributed by atoms with Crippen molar-refractivity contribution < 1.29 is 28.3 Å². The Morgan fingerprint density at radius 3 is 2.24 bits per heavy atom. The molecule has 3 fully saturated rings. The van der Waals surface area contributed by atoms with Gasteiger partial charge in [-0.3, -0.25) is 19.2 Å². The van der Waals surface area contributed by atoms with Crippen molar-refractivity contribution >= 4 is 35.1 Å². The standard InChI is InChI=1S/C33H41ClF2N4O5/c1-20-5-6-26(14-27(20)34)39(31(44)23-7-9-33(35,36)10-8-23)12-4-11-37-15-24-17-38(18-25(24)16-37)32(45)30-21(2)13-28(41)40(22(30)3)19-29(42)43/h5-6,13-14,23-25H,4,7-12,15-19H2,1-3H3,(H,42,43). The number of alkyl halides is 2. The summed E-state index contributed by atoms with van der Waals surface area (Å²) in [6, 6.07) is 6.82. The summed E-state index contributed by atoms with van der Waals surface area (Å²) in [5.41, 5.74) is 2.43. The number of likely N-dealkylation sites (tertiary alicyclic amines) is 2. The molecule has 1 aromatic carbocycles. The third-order valence-corrected chi connectivity index (χ3v) is 10.2. The average Bonchev–Trinajstić information content (AvgIpc) is 3.54. The number of carboxylic acids is 1. The minimum Gasteiger partial charge on any atom is -0.480 e. The number of benzene rings is 1. The van der Waals surface area contributed by atoms with Gasteiger partial charge < -0.3 is 24.4 Å². The van der Waals surface area contributed by atoms with Crippen LogP contribution in [-0.2, 0) is 16.1 Å². The highest BCUT2D eigenvalue weighted by Gasteiger charge is 2.42. The van der Waals surface area contributed by atoms with Crippen LogP contribution in [0.15, 0.2) is 29.1 Å². The number of carbonyl (C=O) groups is 3. The molecule has 1 aromatic heterocycles. The first kappa shape index (κ1) is 33.1. The van der Waals surface area contributed by atoms with Gasteiger partial charge in [0.15, 0.2) is 0 Å². The van der Waals surface area contributed by atoms with Gasteiger partial charge in [0.25, 0.3) is 11.5 Å². The molecule has 0 bridgehead atoms. The van der Waals surface area contributed by atoms with E-state index >= 15 is 0 Å². The number of pyridine rings is 1. The molecule has 1 N–H and O–H groups in total. The number of carbonyl (C=O) groups excluding carboxylic acids is 2. The first-order chi connectivity index (χ1) is 21.2. The van der Waals surface area contributed by atoms with E-state index in [1.165, 1.54) is 6.07 Å². The van der Waals surface area contributed by atoms with Crippen LogP contribution in [0.4, 0.5) is 14.5 Å². The van der Waals surface area contributed by atoms with Crippen LogP contribution in [0.2, 0.25) is 5.02 Å². The molecule has 3 aliphatic rings. The quantitative estimate of drug-likeness (QED) is 0.421. The van der Waals surface area contributed by atoms with Crippen LogP contribution < -0.4 is 10.5 Å². The van der Waals surface area contributed by atoms with Crippen LogP contribution in [0.1, 0.15) is 59.3 Å². The van der Waals surface area contributed by atoms with Gasteiger partial charge in [0, 0.05) is 74.0 Å². The third kappa shape index (κ3) is 7.25. The molecule has 1 saturated carbocycles. The number of hydrogen-bond acceptors (Lipinski definition) is 5. The van der Waals surface area contributed by atoms with Crippen LogP contribution in [-0.4, -0.2) is 82.4 Å². The zero-order chi connectivity index (χ0) is 32.6. The van der Waals surface area contributed by atoms with E-state index in [2.05, 4.69) is 4.90 Å². The van der Waals surface area contributed by atoms with Crippen molar-refractivity contribution in [2.24, 2.45) is 17.8 Å². The first-order valence-corrected chi connectivity index (χ1v) is 16.0. The largest absolute Gasteiger partial charge is 0.480 e. The molecule has 9 nitrogen and oxygen atoms in total. The van der Waals surface area contributed by atoms with E-state index in [0.717, 1.165) is 29.8 Å². The van der Waals surface area contributed by atoms with Crippen molar-refractivity contribution in [3.8, 4) is 0 Å². The van der Waals surface area contributed by atoms with Gasteiger partial charge in [0.1, 0.15) is 6.54 Å². The molecule has 3 heterocycles. The maximum atomic E-state index is 13.8. The molecule has 244 valence electrons. The monoisotopic (exact) mass is 646 g/mol. The minimum absolute atomic E-state index is 0.127. The number of hydrogen-bond donors (Lipinski definition) is 1. The minimum atomic E-state index is -2.70. The van der Waals surface area contributed by atoms with Gasteiger partial charge >= 0.3 is 5.97 Å². The molecule has 1 aliphatic carbocycles. The zero-order valence-corrected chi connectivity index (χ0v) is 26.8. The second-order valence-corrected chi connectivity index (χ2v) is 13.4. The van der Waals surface area contributed by atoms with Crippen LogP contribution in [0, 0.1) is 38.5 Å². The van der Waals surface area contributed by atoms with E-state index in [0.29, 0.717) is 53.6 Å². The zero-order valence-electron chi connectivity index (χ0n) is 26.0. The van der Waals surface area contributed by atoms with Gasteiger partial charge in [-0.25, -0.2) is 8.78 Å². The second kappa shape index (κ2) is 13.2. The normalized spacial score (nSPS) is 21.6. The lowest BCUT2D eigenvalue weighted by molar-refractivity contribution is -0.137. The van der Waals surface area contributed by atoms with Gasteiger partial charge in [-0.1, -0.05) is 17.7 Å². The van der Waals surface area contributed by atoms with Gasteiger partial charge in [0.05, 0.1) is 5.56 Å². The lowest BCUT2D eigenvalue weighted by Crippen LogP contribution is -2.41. The number of carboxylic acid groups (broad SMARTS) is 1. The Hall–Kier alpha value is -3.31. The highest BCUT2D eigenvalue weighted by Crippen LogP contribution is 2.38. The maximum Gasteiger partial charge on any atom is 0.323 e. The summed E-state index contributed by atoms with van der Waals surface area (Å²) >= 11 is 6.39. The number of amides is 2. The van der Waals surface area contributed by atoms with Crippen molar-refractivity contribution in [2.75, 3.05) is 44.2 Å². The molecular weight excluding hydrogens is 606 g/mol. The fourth-order valence-corrected chi connectivity index (χ4v) is 7.42. The van der Waals surface area contributed by atoms with E-state index in [4.69, 9.17) is 11.6 Å². The van der Waals surface area contributed by atoms with Crippen LogP contribution in [0.3, 0.4) is 0 Å². The molecule has 2 atom stereocenters. The first-order valence-electron chi connectivity index (χ1n) is 15.6. The number of rotatable bonds is 9. The van der Waals surface area contributed by atoms with E-state index in [9.17, 15) is 33.1 Å². The summed E-state index contributed by atoms with van der Waals surface area (Å²) < 4.78 is 28.7. The fourth-order valence-electron chi connectivity index (χ4n) is 7.25. The van der Waals surface area contributed by atoms with Gasteiger partial charge in [-0.15, -0.1) is 0 Å². The SMILES string of the molecule is Cc1ccc(N(CCCN2CC3CN(C(=O)c4c(C)cc(=O)n(CC(=O)O)c4C)CC3C2)C(=O)C2CCC(F)(F)CC2)cc1Cl. The number of fused-ring (bicyclic) bond motifs is 1. The van der Waals surface area contributed by atoms with Gasteiger partial charge in [-0.2, -0.15) is 0 Å². The molecule has 45 heavy (non-hydrogen) atoms. The molecule has 2 saturated heterocycles. The van der Waals surface area contributed by atoms with Crippen molar-refractivity contribution in [3.63, 3.8) is 0 Å². The Bertz CT molecular complexity index is 1520. The average molecular weight is 647 g/mol. The Labute approximate surface area is 266 Å². The maximum absolute atomic E-state index is 13.8. The van der Waals surface area contributed by atoms with Crippen molar-refractivity contribution in [3.05, 3.63) is 62.0 Å². The van der Waals surface area contributed by atoms with Crippen LogP contribution in [0.25, 0.3) is 0 Å². The predicted molar refractivity (Wildman–Crippen MR) is 167 cm³/mol. The lowest BCUT2D eigenvalue weighted by Gasteiger charge is -2.32. The Kier molecular flexibility index (Phi) is 9.70. The molecule has 12 heteroatoms. The molecule has 0 radical (unpaired) electrons. The van der Waals surface area contributed by atoms with E-state index in [1.807, 2.05) is 24.0 Å². The van der Waals surface area contributed by atoms with Crippen LogP contribution >= 0.6 is 11.6 Å². The molecule has 2 aromatic rings.